The highest BCUT2D eigenvalue weighted by atomic mass is 19.4. The van der Waals surface area contributed by atoms with Crippen molar-refractivity contribution >= 4 is 11.6 Å². The van der Waals surface area contributed by atoms with Crippen LogP contribution in [-0.4, -0.2) is 5.91 Å². The maximum absolute atomic E-state index is 12.7. The molecule has 1 amide bonds. The second-order valence-corrected chi connectivity index (χ2v) is 5.23. The first kappa shape index (κ1) is 19.3. The zero-order valence-electron chi connectivity index (χ0n) is 12.6. The quantitative estimate of drug-likeness (QED) is 0.705. The van der Waals surface area contributed by atoms with Crippen molar-refractivity contribution in [2.75, 3.05) is 5.32 Å². The average Bonchev–Trinajstić information content (AvgIpc) is 2.42. The molecule has 1 aromatic rings. The Morgan fingerprint density at radius 2 is 1.39 bits per heavy atom. The molecule has 0 unspecified atom stereocenters. The Labute approximate surface area is 129 Å². The van der Waals surface area contributed by atoms with Crippen LogP contribution < -0.4 is 5.32 Å². The number of rotatable bonds is 5. The Balaban J connectivity index is 3.08. The predicted molar refractivity (Wildman–Crippen MR) is 73.8 cm³/mol. The summed E-state index contributed by atoms with van der Waals surface area (Å²) < 4.78 is 76.3. The summed E-state index contributed by atoms with van der Waals surface area (Å²) in [4.78, 5) is 11.8. The fraction of sp³-hybridized carbons (Fsp3) is 0.533. The lowest BCUT2D eigenvalue weighted by molar-refractivity contribution is -0.143. The number of carbonyl (C=O) groups excluding carboxylic acids is 1. The molecule has 0 aliphatic heterocycles. The number of halogens is 6. The van der Waals surface area contributed by atoms with Gasteiger partial charge in [0.25, 0.3) is 0 Å². The molecule has 0 saturated heterocycles. The number of hydrogen-bond donors (Lipinski definition) is 1. The smallest absolute Gasteiger partial charge is 0.326 e. The molecule has 0 aliphatic carbocycles. The van der Waals surface area contributed by atoms with Crippen molar-refractivity contribution in [3.05, 3.63) is 29.3 Å². The minimum atomic E-state index is -4.93. The van der Waals surface area contributed by atoms with Crippen molar-refractivity contribution < 1.29 is 31.1 Å². The van der Waals surface area contributed by atoms with Gasteiger partial charge in [0.15, 0.2) is 0 Å². The van der Waals surface area contributed by atoms with Crippen LogP contribution in [0.2, 0.25) is 0 Å². The zero-order valence-corrected chi connectivity index (χ0v) is 12.6. The van der Waals surface area contributed by atoms with Crippen LogP contribution in [0.15, 0.2) is 18.2 Å². The topological polar surface area (TPSA) is 29.1 Å². The summed E-state index contributed by atoms with van der Waals surface area (Å²) in [6.07, 6.45) is -8.43. The monoisotopic (exact) mass is 341 g/mol. The largest absolute Gasteiger partial charge is 0.416 e. The second kappa shape index (κ2) is 7.23. The van der Waals surface area contributed by atoms with Crippen LogP contribution in [0.1, 0.15) is 44.2 Å². The number of nitrogens with one attached hydrogen (secondary N) is 1. The predicted octanol–water partition coefficient (Wildman–Crippen LogP) is 5.49. The Kier molecular flexibility index (Phi) is 6.07. The highest BCUT2D eigenvalue weighted by Gasteiger charge is 2.37. The summed E-state index contributed by atoms with van der Waals surface area (Å²) in [7, 11) is 0. The van der Waals surface area contributed by atoms with Gasteiger partial charge in [0, 0.05) is 12.1 Å². The third kappa shape index (κ3) is 5.76. The number of anilines is 1. The molecule has 8 heteroatoms. The molecule has 0 saturated carbocycles. The SMILES string of the molecule is CCC(CC)CC(=O)Nc1cc(C(F)(F)F)cc(C(F)(F)F)c1. The molecular formula is C15H17F6NO. The van der Waals surface area contributed by atoms with E-state index in [0.29, 0.717) is 25.0 Å². The molecule has 1 rings (SSSR count). The van der Waals surface area contributed by atoms with Gasteiger partial charge in [-0.3, -0.25) is 4.79 Å². The third-order valence-corrected chi connectivity index (χ3v) is 3.50. The van der Waals surface area contributed by atoms with E-state index in [4.69, 9.17) is 0 Å². The summed E-state index contributed by atoms with van der Waals surface area (Å²) in [5.41, 5.74) is -3.42. The van der Waals surface area contributed by atoms with Crippen molar-refractivity contribution in [3.63, 3.8) is 0 Å². The van der Waals surface area contributed by atoms with Crippen LogP contribution in [0.4, 0.5) is 32.0 Å². The van der Waals surface area contributed by atoms with Gasteiger partial charge in [0.05, 0.1) is 11.1 Å². The molecule has 23 heavy (non-hydrogen) atoms. The van der Waals surface area contributed by atoms with Gasteiger partial charge in [-0.15, -0.1) is 0 Å². The van der Waals surface area contributed by atoms with E-state index < -0.39 is 35.1 Å². The van der Waals surface area contributed by atoms with Gasteiger partial charge >= 0.3 is 12.4 Å². The van der Waals surface area contributed by atoms with Crippen LogP contribution in [-0.2, 0) is 17.1 Å². The number of amides is 1. The number of alkyl halides is 6. The van der Waals surface area contributed by atoms with E-state index in [2.05, 4.69) is 5.32 Å². The molecular weight excluding hydrogens is 324 g/mol. The van der Waals surface area contributed by atoms with Gasteiger partial charge in [-0.05, 0) is 24.1 Å². The zero-order chi connectivity index (χ0) is 17.8. The average molecular weight is 341 g/mol. The number of benzene rings is 1. The molecule has 1 N–H and O–H groups in total. The molecule has 0 aromatic heterocycles. The van der Waals surface area contributed by atoms with Crippen LogP contribution in [0.3, 0.4) is 0 Å². The van der Waals surface area contributed by atoms with E-state index in [1.807, 2.05) is 13.8 Å². The maximum atomic E-state index is 12.7. The normalized spacial score (nSPS) is 12.6. The molecule has 0 spiro atoms. The Morgan fingerprint density at radius 3 is 1.74 bits per heavy atom. The first-order valence-electron chi connectivity index (χ1n) is 7.06. The van der Waals surface area contributed by atoms with Crippen molar-refractivity contribution in [2.45, 2.75) is 45.5 Å². The van der Waals surface area contributed by atoms with E-state index >= 15 is 0 Å². The summed E-state index contributed by atoms with van der Waals surface area (Å²) >= 11 is 0. The summed E-state index contributed by atoms with van der Waals surface area (Å²) in [5.74, 6) is -0.575. The molecule has 0 heterocycles. The lowest BCUT2D eigenvalue weighted by atomic mass is 9.99. The van der Waals surface area contributed by atoms with Crippen LogP contribution in [0.5, 0.6) is 0 Å². The number of carbonyl (C=O) groups is 1. The molecule has 0 bridgehead atoms. The van der Waals surface area contributed by atoms with Gasteiger partial charge in [0.2, 0.25) is 5.91 Å². The van der Waals surface area contributed by atoms with Crippen molar-refractivity contribution in [2.24, 2.45) is 5.92 Å². The molecule has 0 aliphatic rings. The molecule has 0 radical (unpaired) electrons. The molecule has 2 nitrogen and oxygen atoms in total. The van der Waals surface area contributed by atoms with Gasteiger partial charge in [0.1, 0.15) is 0 Å². The third-order valence-electron chi connectivity index (χ3n) is 3.50. The molecule has 130 valence electrons. The van der Waals surface area contributed by atoms with E-state index in [1.165, 1.54) is 0 Å². The standard InChI is InChI=1S/C15H17F6NO/c1-3-9(4-2)5-13(23)22-12-7-10(14(16,17)18)6-11(8-12)15(19,20)21/h6-9H,3-5H2,1-2H3,(H,22,23). The molecule has 1 aromatic carbocycles. The van der Waals surface area contributed by atoms with E-state index in [9.17, 15) is 31.1 Å². The molecule has 0 fully saturated rings. The van der Waals surface area contributed by atoms with E-state index in [-0.39, 0.29) is 18.4 Å². The fourth-order valence-corrected chi connectivity index (χ4v) is 2.08. The number of hydrogen-bond acceptors (Lipinski definition) is 1. The van der Waals surface area contributed by atoms with Gasteiger partial charge in [-0.1, -0.05) is 26.7 Å². The minimum absolute atomic E-state index is 0.0244. The highest BCUT2D eigenvalue weighted by molar-refractivity contribution is 5.91. The maximum Gasteiger partial charge on any atom is 0.416 e. The molecule has 0 atom stereocenters. The summed E-state index contributed by atoms with van der Waals surface area (Å²) in [6, 6.07) is 1.02. The lowest BCUT2D eigenvalue weighted by Gasteiger charge is -2.16. The summed E-state index contributed by atoms with van der Waals surface area (Å²) in [5, 5.41) is 2.13. The Hall–Kier alpha value is -1.73. The van der Waals surface area contributed by atoms with Crippen LogP contribution >= 0.6 is 0 Å². The van der Waals surface area contributed by atoms with Crippen molar-refractivity contribution in [1.82, 2.24) is 0 Å². The van der Waals surface area contributed by atoms with Crippen molar-refractivity contribution in [3.8, 4) is 0 Å². The first-order valence-corrected chi connectivity index (χ1v) is 7.06. The Bertz CT molecular complexity index is 514. The first-order chi connectivity index (χ1) is 10.5. The van der Waals surface area contributed by atoms with E-state index in [1.54, 1.807) is 0 Å². The van der Waals surface area contributed by atoms with Crippen LogP contribution in [0, 0.1) is 5.92 Å². The van der Waals surface area contributed by atoms with Crippen LogP contribution in [0.25, 0.3) is 0 Å². The van der Waals surface area contributed by atoms with Gasteiger partial charge in [-0.25, -0.2) is 0 Å². The second-order valence-electron chi connectivity index (χ2n) is 5.23. The Morgan fingerprint density at radius 1 is 0.957 bits per heavy atom. The van der Waals surface area contributed by atoms with Gasteiger partial charge in [-0.2, -0.15) is 26.3 Å². The van der Waals surface area contributed by atoms with E-state index in [0.717, 1.165) is 0 Å². The summed E-state index contributed by atoms with van der Waals surface area (Å²) in [6.45, 7) is 3.71. The lowest BCUT2D eigenvalue weighted by Crippen LogP contribution is -2.18. The van der Waals surface area contributed by atoms with Gasteiger partial charge < -0.3 is 5.32 Å². The highest BCUT2D eigenvalue weighted by Crippen LogP contribution is 2.37. The minimum Gasteiger partial charge on any atom is -0.326 e. The van der Waals surface area contributed by atoms with Crippen molar-refractivity contribution in [1.29, 1.82) is 0 Å². The fourth-order valence-electron chi connectivity index (χ4n) is 2.08.